The van der Waals surface area contributed by atoms with Gasteiger partial charge in [-0.25, -0.2) is 0 Å². The van der Waals surface area contributed by atoms with E-state index in [2.05, 4.69) is 60.9 Å². The number of aryl methyl sites for hydroxylation is 2. The summed E-state index contributed by atoms with van der Waals surface area (Å²) in [4.78, 5) is 0. The van der Waals surface area contributed by atoms with Crippen LogP contribution in [0.25, 0.3) is 0 Å². The maximum absolute atomic E-state index is 3.34. The molecule has 0 aliphatic carbocycles. The fraction of sp³-hybridized carbons (Fsp3) is 0.455. The Kier molecular flexibility index (Phi) is 8.99. The number of rotatable bonds is 0. The number of benzene rings is 2. The molecule has 2 N–H and O–H groups in total. The summed E-state index contributed by atoms with van der Waals surface area (Å²) in [5, 5.41) is 6.67. The van der Waals surface area contributed by atoms with Crippen LogP contribution in [0.2, 0.25) is 0 Å². The summed E-state index contributed by atoms with van der Waals surface area (Å²) >= 11 is 0. The first-order chi connectivity index (χ1) is 11.7. The van der Waals surface area contributed by atoms with E-state index in [0.29, 0.717) is 0 Å². The van der Waals surface area contributed by atoms with Crippen LogP contribution in [0.1, 0.15) is 49.9 Å². The second kappa shape index (κ2) is 10.7. The highest BCUT2D eigenvalue weighted by Crippen LogP contribution is 2.24. The van der Waals surface area contributed by atoms with Crippen molar-refractivity contribution in [1.82, 2.24) is 0 Å². The Morgan fingerprint density at radius 2 is 1.42 bits per heavy atom. The summed E-state index contributed by atoms with van der Waals surface area (Å²) in [6.45, 7) is 14.5. The molecule has 4 rings (SSSR count). The topological polar surface area (TPSA) is 24.1 Å². The molecule has 0 radical (unpaired) electrons. The monoisotopic (exact) mass is 326 g/mol. The average molecular weight is 327 g/mol. The molecule has 2 aliphatic heterocycles. The molecule has 0 fully saturated rings. The van der Waals surface area contributed by atoms with Crippen molar-refractivity contribution < 1.29 is 0 Å². The van der Waals surface area contributed by atoms with Gasteiger partial charge in [-0.1, -0.05) is 57.5 Å². The lowest BCUT2D eigenvalue weighted by molar-refractivity contribution is 1.09. The number of hydrogen-bond acceptors (Lipinski definition) is 2. The predicted octanol–water partition coefficient (Wildman–Crippen LogP) is 5.98. The van der Waals surface area contributed by atoms with E-state index >= 15 is 0 Å². The van der Waals surface area contributed by atoms with E-state index in [0.717, 1.165) is 13.1 Å². The minimum Gasteiger partial charge on any atom is -0.384 e. The van der Waals surface area contributed by atoms with E-state index in [1.165, 1.54) is 46.5 Å². The Bertz CT molecular complexity index is 617. The lowest BCUT2D eigenvalue weighted by Crippen LogP contribution is -1.90. The van der Waals surface area contributed by atoms with Gasteiger partial charge in [0.2, 0.25) is 0 Å². The molecule has 2 nitrogen and oxygen atoms in total. The molecule has 0 unspecified atom stereocenters. The lowest BCUT2D eigenvalue weighted by atomic mass is 10.1. The fourth-order valence-corrected chi connectivity index (χ4v) is 2.96. The van der Waals surface area contributed by atoms with Gasteiger partial charge < -0.3 is 10.6 Å². The largest absolute Gasteiger partial charge is 0.384 e. The maximum Gasteiger partial charge on any atom is 0.0376 e. The first-order valence-corrected chi connectivity index (χ1v) is 9.40. The summed E-state index contributed by atoms with van der Waals surface area (Å²) < 4.78 is 0. The minimum absolute atomic E-state index is 1.11. The van der Waals surface area contributed by atoms with Gasteiger partial charge in [0.1, 0.15) is 0 Å². The van der Waals surface area contributed by atoms with Crippen LogP contribution < -0.4 is 10.6 Å². The number of fused-ring (bicyclic) bond motifs is 2. The fourth-order valence-electron chi connectivity index (χ4n) is 2.96. The van der Waals surface area contributed by atoms with Crippen LogP contribution in [0.15, 0.2) is 36.4 Å². The molecule has 0 atom stereocenters. The van der Waals surface area contributed by atoms with Crippen molar-refractivity contribution in [2.24, 2.45) is 0 Å². The molecule has 0 bridgehead atoms. The van der Waals surface area contributed by atoms with Gasteiger partial charge in [-0.05, 0) is 55.5 Å². The van der Waals surface area contributed by atoms with Gasteiger partial charge in [0, 0.05) is 24.5 Å². The van der Waals surface area contributed by atoms with Crippen LogP contribution in [0.4, 0.5) is 11.4 Å². The van der Waals surface area contributed by atoms with Crippen molar-refractivity contribution in [2.75, 3.05) is 23.7 Å². The Morgan fingerprint density at radius 3 is 2.12 bits per heavy atom. The van der Waals surface area contributed by atoms with Crippen LogP contribution in [0.3, 0.4) is 0 Å². The van der Waals surface area contributed by atoms with Gasteiger partial charge in [-0.2, -0.15) is 0 Å². The van der Waals surface area contributed by atoms with Crippen molar-refractivity contribution in [3.8, 4) is 0 Å². The van der Waals surface area contributed by atoms with E-state index in [-0.39, 0.29) is 0 Å². The molecule has 2 aliphatic rings. The predicted molar refractivity (Wildman–Crippen MR) is 109 cm³/mol. The van der Waals surface area contributed by atoms with Crippen molar-refractivity contribution in [2.45, 2.75) is 54.4 Å². The molecule has 132 valence electrons. The van der Waals surface area contributed by atoms with Crippen LogP contribution in [-0.4, -0.2) is 13.1 Å². The molecule has 0 saturated carbocycles. The molecule has 2 heteroatoms. The highest BCUT2D eigenvalue weighted by atomic mass is 14.9. The average Bonchev–Trinajstić information content (AvgIpc) is 3.28. The first-order valence-electron chi connectivity index (χ1n) is 9.40. The van der Waals surface area contributed by atoms with Crippen molar-refractivity contribution in [1.29, 1.82) is 0 Å². The summed E-state index contributed by atoms with van der Waals surface area (Å²) in [6, 6.07) is 13.0. The Hall–Kier alpha value is -1.96. The summed E-state index contributed by atoms with van der Waals surface area (Å²) in [7, 11) is 0. The van der Waals surface area contributed by atoms with Crippen LogP contribution >= 0.6 is 0 Å². The molecule has 2 aromatic carbocycles. The van der Waals surface area contributed by atoms with Crippen LogP contribution in [0.5, 0.6) is 0 Å². The molecular formula is C22H34N2. The van der Waals surface area contributed by atoms with Gasteiger partial charge in [-0.3, -0.25) is 0 Å². The zero-order valence-corrected chi connectivity index (χ0v) is 16.3. The number of anilines is 2. The molecular weight excluding hydrogens is 292 g/mol. The summed E-state index contributed by atoms with van der Waals surface area (Å²) in [6.07, 6.45) is 2.39. The van der Waals surface area contributed by atoms with E-state index in [9.17, 15) is 0 Å². The van der Waals surface area contributed by atoms with Gasteiger partial charge >= 0.3 is 0 Å². The smallest absolute Gasteiger partial charge is 0.0376 e. The van der Waals surface area contributed by atoms with Gasteiger partial charge in [0.25, 0.3) is 0 Å². The van der Waals surface area contributed by atoms with Gasteiger partial charge in [0.15, 0.2) is 0 Å². The van der Waals surface area contributed by atoms with Gasteiger partial charge in [0.05, 0.1) is 0 Å². The standard InChI is InChI=1S/2C9H11N.2C2H6/c1-7-2-3-9-8(6-7)4-5-10-9;1-7-3-2-4-9-8(7)5-6-10-9;2*1-2/h2-3,6,10H,4-5H2,1H3;2-4,10H,5-6H2,1H3;2*1-2H3. The molecule has 0 aromatic heterocycles. The van der Waals surface area contributed by atoms with E-state index < -0.39 is 0 Å². The van der Waals surface area contributed by atoms with Crippen LogP contribution in [-0.2, 0) is 12.8 Å². The highest BCUT2D eigenvalue weighted by Gasteiger charge is 2.10. The van der Waals surface area contributed by atoms with Crippen molar-refractivity contribution >= 4 is 11.4 Å². The zero-order chi connectivity index (χ0) is 17.9. The second-order valence-corrected chi connectivity index (χ2v) is 5.62. The minimum atomic E-state index is 1.11. The Labute approximate surface area is 148 Å². The quantitative estimate of drug-likeness (QED) is 0.622. The molecule has 0 amide bonds. The zero-order valence-electron chi connectivity index (χ0n) is 16.3. The highest BCUT2D eigenvalue weighted by molar-refractivity contribution is 5.58. The van der Waals surface area contributed by atoms with E-state index in [1.54, 1.807) is 0 Å². The van der Waals surface area contributed by atoms with Crippen molar-refractivity contribution in [3.63, 3.8) is 0 Å². The number of hydrogen-bond donors (Lipinski definition) is 2. The summed E-state index contributed by atoms with van der Waals surface area (Å²) in [5.74, 6) is 0. The number of nitrogens with one attached hydrogen (secondary N) is 2. The normalized spacial score (nSPS) is 12.6. The summed E-state index contributed by atoms with van der Waals surface area (Å²) in [5.41, 5.74) is 8.41. The van der Waals surface area contributed by atoms with Crippen molar-refractivity contribution in [3.05, 3.63) is 58.7 Å². The van der Waals surface area contributed by atoms with Crippen LogP contribution in [0, 0.1) is 13.8 Å². The molecule has 2 heterocycles. The molecule has 0 spiro atoms. The Balaban J connectivity index is 0.000000199. The molecule has 0 saturated heterocycles. The van der Waals surface area contributed by atoms with E-state index in [4.69, 9.17) is 0 Å². The lowest BCUT2D eigenvalue weighted by Gasteiger charge is -2.00. The second-order valence-electron chi connectivity index (χ2n) is 5.62. The molecule has 24 heavy (non-hydrogen) atoms. The SMILES string of the molecule is CC.CC.Cc1ccc2c(c1)CCN2.Cc1cccc2c1CCN2. The molecule has 2 aromatic rings. The third-order valence-electron chi connectivity index (χ3n) is 4.07. The third-order valence-corrected chi connectivity index (χ3v) is 4.07. The van der Waals surface area contributed by atoms with E-state index in [1.807, 2.05) is 27.7 Å². The maximum atomic E-state index is 3.34. The van der Waals surface area contributed by atoms with Gasteiger partial charge in [-0.15, -0.1) is 0 Å². The Morgan fingerprint density at radius 1 is 0.750 bits per heavy atom. The third kappa shape index (κ3) is 5.30. The first kappa shape index (κ1) is 20.1.